The molecule has 130 valence electrons. The number of carbonyl (C=O) groups excluding carboxylic acids is 3. The number of hydrogen-bond donors (Lipinski definition) is 2. The maximum Gasteiger partial charge on any atom is 0.340 e. The van der Waals surface area contributed by atoms with E-state index in [2.05, 4.69) is 17.6 Å². The summed E-state index contributed by atoms with van der Waals surface area (Å²) in [5.74, 6) is -1.62. The van der Waals surface area contributed by atoms with Crippen molar-refractivity contribution in [3.63, 3.8) is 0 Å². The Hall–Kier alpha value is -2.37. The zero-order valence-corrected chi connectivity index (χ0v) is 14.1. The lowest BCUT2D eigenvalue weighted by molar-refractivity contribution is -0.137. The van der Waals surface area contributed by atoms with Crippen LogP contribution in [-0.4, -0.2) is 30.4 Å². The van der Waals surface area contributed by atoms with Crippen molar-refractivity contribution in [1.82, 2.24) is 5.32 Å². The Bertz CT molecular complexity index is 615. The largest absolute Gasteiger partial charge is 0.462 e. The summed E-state index contributed by atoms with van der Waals surface area (Å²) in [6.45, 7) is 4.02. The molecule has 0 heterocycles. The molecule has 1 aliphatic rings. The molecule has 1 aromatic carbocycles. The summed E-state index contributed by atoms with van der Waals surface area (Å²) in [6, 6.07) is 6.50. The Kier molecular flexibility index (Phi) is 6.35. The van der Waals surface area contributed by atoms with Crippen LogP contribution in [0.15, 0.2) is 24.3 Å². The van der Waals surface area contributed by atoms with Gasteiger partial charge in [-0.2, -0.15) is 0 Å². The van der Waals surface area contributed by atoms with Crippen LogP contribution in [0, 0.1) is 5.92 Å². The molecule has 0 radical (unpaired) electrons. The molecule has 2 unspecified atom stereocenters. The maximum absolute atomic E-state index is 12.2. The third-order valence-electron chi connectivity index (χ3n) is 4.30. The molecule has 2 N–H and O–H groups in total. The van der Waals surface area contributed by atoms with Crippen LogP contribution in [0.4, 0.5) is 5.69 Å². The molecule has 1 fully saturated rings. The van der Waals surface area contributed by atoms with Crippen LogP contribution in [0.5, 0.6) is 0 Å². The van der Waals surface area contributed by atoms with Crippen LogP contribution in [0.1, 0.15) is 49.9 Å². The first kappa shape index (κ1) is 18.0. The van der Waals surface area contributed by atoms with Gasteiger partial charge in [-0.1, -0.05) is 31.9 Å². The lowest BCUT2D eigenvalue weighted by atomic mass is 9.86. The molecule has 2 atom stereocenters. The van der Waals surface area contributed by atoms with Gasteiger partial charge in [0.2, 0.25) is 0 Å². The fourth-order valence-electron chi connectivity index (χ4n) is 2.92. The fraction of sp³-hybridized carbons (Fsp3) is 0.500. The van der Waals surface area contributed by atoms with Gasteiger partial charge in [0.05, 0.1) is 17.9 Å². The number of anilines is 1. The number of ether oxygens (including phenoxy) is 1. The Balaban J connectivity index is 2.01. The van der Waals surface area contributed by atoms with Gasteiger partial charge >= 0.3 is 17.8 Å². The minimum absolute atomic E-state index is 0.0253. The summed E-state index contributed by atoms with van der Waals surface area (Å²) >= 11 is 0. The second-order valence-electron chi connectivity index (χ2n) is 6.06. The smallest absolute Gasteiger partial charge is 0.340 e. The molecule has 6 heteroatoms. The van der Waals surface area contributed by atoms with E-state index in [1.54, 1.807) is 31.2 Å². The molecule has 0 saturated heterocycles. The van der Waals surface area contributed by atoms with Crippen molar-refractivity contribution in [2.75, 3.05) is 11.9 Å². The summed E-state index contributed by atoms with van der Waals surface area (Å²) in [5, 5.41) is 5.30. The van der Waals surface area contributed by atoms with Gasteiger partial charge in [0.25, 0.3) is 0 Å². The molecule has 0 aromatic heterocycles. The molecular weight excluding hydrogens is 308 g/mol. The van der Waals surface area contributed by atoms with Crippen LogP contribution in [0.25, 0.3) is 0 Å². The van der Waals surface area contributed by atoms with Gasteiger partial charge in [-0.25, -0.2) is 4.79 Å². The molecule has 1 saturated carbocycles. The highest BCUT2D eigenvalue weighted by molar-refractivity contribution is 6.40. The van der Waals surface area contributed by atoms with Crippen molar-refractivity contribution >= 4 is 23.5 Å². The number of para-hydroxylation sites is 1. The number of carbonyl (C=O) groups is 3. The number of nitrogens with one attached hydrogen (secondary N) is 2. The van der Waals surface area contributed by atoms with Gasteiger partial charge < -0.3 is 15.4 Å². The minimum atomic E-state index is -0.774. The van der Waals surface area contributed by atoms with Crippen molar-refractivity contribution in [3.8, 4) is 0 Å². The van der Waals surface area contributed by atoms with Gasteiger partial charge in [0.15, 0.2) is 0 Å². The van der Waals surface area contributed by atoms with Crippen LogP contribution in [-0.2, 0) is 14.3 Å². The minimum Gasteiger partial charge on any atom is -0.462 e. The second-order valence-corrected chi connectivity index (χ2v) is 6.06. The number of hydrogen-bond acceptors (Lipinski definition) is 4. The van der Waals surface area contributed by atoms with Gasteiger partial charge in [-0.3, -0.25) is 9.59 Å². The molecule has 2 rings (SSSR count). The van der Waals surface area contributed by atoms with E-state index in [1.165, 1.54) is 0 Å². The summed E-state index contributed by atoms with van der Waals surface area (Å²) in [6.07, 6.45) is 4.16. The molecule has 1 aliphatic carbocycles. The van der Waals surface area contributed by atoms with Crippen molar-refractivity contribution in [1.29, 1.82) is 0 Å². The predicted molar refractivity (Wildman–Crippen MR) is 90.6 cm³/mol. The van der Waals surface area contributed by atoms with Crippen LogP contribution < -0.4 is 10.6 Å². The van der Waals surface area contributed by atoms with Gasteiger partial charge in [0, 0.05) is 6.04 Å². The van der Waals surface area contributed by atoms with Crippen molar-refractivity contribution in [2.24, 2.45) is 5.92 Å². The van der Waals surface area contributed by atoms with E-state index in [0.717, 1.165) is 25.7 Å². The standard InChI is InChI=1S/C18H24N2O4/c1-3-24-18(23)13-9-5-7-11-15(13)20-17(22)16(21)19-14-10-6-4-8-12(14)2/h5,7,9,11-12,14H,3-4,6,8,10H2,1-2H3,(H,19,21)(H,20,22). The Morgan fingerprint density at radius 1 is 1.12 bits per heavy atom. The van der Waals surface area contributed by atoms with Crippen LogP contribution >= 0.6 is 0 Å². The molecule has 0 bridgehead atoms. The average Bonchev–Trinajstić information content (AvgIpc) is 2.57. The molecule has 0 spiro atoms. The quantitative estimate of drug-likeness (QED) is 0.655. The molecule has 24 heavy (non-hydrogen) atoms. The Morgan fingerprint density at radius 2 is 1.83 bits per heavy atom. The summed E-state index contributed by atoms with van der Waals surface area (Å²) in [7, 11) is 0. The Labute approximate surface area is 142 Å². The highest BCUT2D eigenvalue weighted by Crippen LogP contribution is 2.23. The third kappa shape index (κ3) is 4.57. The highest BCUT2D eigenvalue weighted by atomic mass is 16.5. The fourth-order valence-corrected chi connectivity index (χ4v) is 2.92. The first-order chi connectivity index (χ1) is 11.5. The zero-order chi connectivity index (χ0) is 17.5. The molecule has 0 aliphatic heterocycles. The molecule has 6 nitrogen and oxygen atoms in total. The Morgan fingerprint density at radius 3 is 2.54 bits per heavy atom. The lowest BCUT2D eigenvalue weighted by Crippen LogP contribution is -2.45. The van der Waals surface area contributed by atoms with E-state index in [0.29, 0.717) is 5.92 Å². The van der Waals surface area contributed by atoms with E-state index in [1.807, 2.05) is 0 Å². The predicted octanol–water partition coefficient (Wildman–Crippen LogP) is 2.50. The van der Waals surface area contributed by atoms with Crippen LogP contribution in [0.2, 0.25) is 0 Å². The topological polar surface area (TPSA) is 84.5 Å². The lowest BCUT2D eigenvalue weighted by Gasteiger charge is -2.29. The normalized spacial score (nSPS) is 20.1. The van der Waals surface area contributed by atoms with Gasteiger partial charge in [-0.05, 0) is 37.8 Å². The summed E-state index contributed by atoms with van der Waals surface area (Å²) in [4.78, 5) is 36.2. The third-order valence-corrected chi connectivity index (χ3v) is 4.30. The van der Waals surface area contributed by atoms with E-state index in [-0.39, 0.29) is 23.9 Å². The van der Waals surface area contributed by atoms with E-state index >= 15 is 0 Å². The maximum atomic E-state index is 12.2. The summed E-state index contributed by atoms with van der Waals surface area (Å²) < 4.78 is 4.96. The van der Waals surface area contributed by atoms with Crippen molar-refractivity contribution in [2.45, 2.75) is 45.6 Å². The monoisotopic (exact) mass is 332 g/mol. The zero-order valence-electron chi connectivity index (χ0n) is 14.1. The molecule has 2 amide bonds. The van der Waals surface area contributed by atoms with Crippen LogP contribution in [0.3, 0.4) is 0 Å². The van der Waals surface area contributed by atoms with Crippen molar-refractivity contribution in [3.05, 3.63) is 29.8 Å². The number of benzene rings is 1. The van der Waals surface area contributed by atoms with E-state index in [4.69, 9.17) is 4.74 Å². The molecule has 1 aromatic rings. The SMILES string of the molecule is CCOC(=O)c1ccccc1NC(=O)C(=O)NC1CCCCC1C. The average molecular weight is 332 g/mol. The summed E-state index contributed by atoms with van der Waals surface area (Å²) in [5.41, 5.74) is 0.499. The van der Waals surface area contributed by atoms with Crippen molar-refractivity contribution < 1.29 is 19.1 Å². The van der Waals surface area contributed by atoms with Gasteiger partial charge in [-0.15, -0.1) is 0 Å². The second kappa shape index (κ2) is 8.47. The first-order valence-corrected chi connectivity index (χ1v) is 8.41. The number of rotatable bonds is 4. The number of amides is 2. The molecular formula is C18H24N2O4. The van der Waals surface area contributed by atoms with E-state index in [9.17, 15) is 14.4 Å². The first-order valence-electron chi connectivity index (χ1n) is 8.41. The highest BCUT2D eigenvalue weighted by Gasteiger charge is 2.26. The number of esters is 1. The van der Waals surface area contributed by atoms with E-state index < -0.39 is 17.8 Å². The van der Waals surface area contributed by atoms with Gasteiger partial charge in [0.1, 0.15) is 0 Å².